The van der Waals surface area contributed by atoms with Gasteiger partial charge in [0.1, 0.15) is 5.82 Å². The van der Waals surface area contributed by atoms with Gasteiger partial charge in [0.2, 0.25) is 0 Å². The van der Waals surface area contributed by atoms with Crippen LogP contribution in [0.2, 0.25) is 0 Å². The van der Waals surface area contributed by atoms with Crippen molar-refractivity contribution in [3.05, 3.63) is 35.6 Å². The zero-order chi connectivity index (χ0) is 12.3. The van der Waals surface area contributed by atoms with Crippen molar-refractivity contribution in [1.82, 2.24) is 4.90 Å². The third-order valence-corrected chi connectivity index (χ3v) is 2.98. The average Bonchev–Trinajstić information content (AvgIpc) is 2.20. The van der Waals surface area contributed by atoms with Crippen LogP contribution in [0.25, 0.3) is 0 Å². The summed E-state index contributed by atoms with van der Waals surface area (Å²) in [6, 6.07) is 6.89. The fourth-order valence-electron chi connectivity index (χ4n) is 2.21. The van der Waals surface area contributed by atoms with E-state index in [1.165, 1.54) is 6.07 Å². The zero-order valence-corrected chi connectivity index (χ0v) is 10.5. The van der Waals surface area contributed by atoms with Gasteiger partial charge in [-0.1, -0.05) is 32.0 Å². The molecule has 0 saturated carbocycles. The molecule has 1 aromatic rings. The number of rotatable bonds is 4. The number of hydrogen-bond donors (Lipinski definition) is 1. The van der Waals surface area contributed by atoms with E-state index in [1.54, 1.807) is 6.07 Å². The summed E-state index contributed by atoms with van der Waals surface area (Å²) in [4.78, 5) is 2.02. The van der Waals surface area contributed by atoms with Crippen LogP contribution in [0, 0.1) is 11.2 Å². The highest BCUT2D eigenvalue weighted by molar-refractivity contribution is 5.23. The van der Waals surface area contributed by atoms with Crippen LogP contribution in [0.4, 0.5) is 4.39 Å². The van der Waals surface area contributed by atoms with Crippen molar-refractivity contribution >= 4 is 0 Å². The van der Waals surface area contributed by atoms with E-state index in [0.29, 0.717) is 12.1 Å². The predicted octanol–water partition coefficient (Wildman–Crippen LogP) is 2.41. The Morgan fingerprint density at radius 1 is 1.31 bits per heavy atom. The summed E-state index contributed by atoms with van der Waals surface area (Å²) in [5.41, 5.74) is 6.33. The summed E-state index contributed by atoms with van der Waals surface area (Å²) >= 11 is 0. The summed E-state index contributed by atoms with van der Waals surface area (Å²) in [6.45, 7) is 4.64. The van der Waals surface area contributed by atoms with Gasteiger partial charge in [0.25, 0.3) is 0 Å². The first-order valence-corrected chi connectivity index (χ1v) is 5.51. The normalized spacial score (nSPS) is 14.2. The molecule has 0 aliphatic heterocycles. The van der Waals surface area contributed by atoms with Crippen molar-refractivity contribution in [2.45, 2.75) is 19.9 Å². The lowest BCUT2D eigenvalue weighted by Gasteiger charge is -2.38. The van der Waals surface area contributed by atoms with E-state index in [1.807, 2.05) is 31.1 Å². The Bertz CT molecular complexity index is 348. The van der Waals surface area contributed by atoms with E-state index in [4.69, 9.17) is 5.73 Å². The van der Waals surface area contributed by atoms with Crippen LogP contribution >= 0.6 is 0 Å². The van der Waals surface area contributed by atoms with Gasteiger partial charge in [-0.25, -0.2) is 4.39 Å². The molecule has 0 bridgehead atoms. The third kappa shape index (κ3) is 2.60. The molecule has 0 fully saturated rings. The quantitative estimate of drug-likeness (QED) is 0.851. The molecule has 1 rings (SSSR count). The molecule has 2 nitrogen and oxygen atoms in total. The SMILES string of the molecule is CN(C)C(c1ccccc1F)C(C)(C)CN. The maximum Gasteiger partial charge on any atom is 0.128 e. The lowest BCUT2D eigenvalue weighted by atomic mass is 9.79. The van der Waals surface area contributed by atoms with E-state index in [2.05, 4.69) is 13.8 Å². The summed E-state index contributed by atoms with van der Waals surface area (Å²) in [5.74, 6) is -0.164. The second-order valence-electron chi connectivity index (χ2n) is 5.08. The second-order valence-corrected chi connectivity index (χ2v) is 5.08. The molecule has 0 heterocycles. The van der Waals surface area contributed by atoms with E-state index >= 15 is 0 Å². The molecule has 0 amide bonds. The molecule has 0 aromatic heterocycles. The van der Waals surface area contributed by atoms with E-state index in [0.717, 1.165) is 0 Å². The van der Waals surface area contributed by atoms with Gasteiger partial charge in [-0.2, -0.15) is 0 Å². The predicted molar refractivity (Wildman–Crippen MR) is 65.7 cm³/mol. The number of hydrogen-bond acceptors (Lipinski definition) is 2. The van der Waals surface area contributed by atoms with Gasteiger partial charge < -0.3 is 10.6 Å². The van der Waals surface area contributed by atoms with Crippen LogP contribution in [0.1, 0.15) is 25.5 Å². The Morgan fingerprint density at radius 2 is 1.88 bits per heavy atom. The Morgan fingerprint density at radius 3 is 2.31 bits per heavy atom. The second kappa shape index (κ2) is 4.93. The van der Waals surface area contributed by atoms with E-state index in [9.17, 15) is 4.39 Å². The van der Waals surface area contributed by atoms with Gasteiger partial charge in [-0.15, -0.1) is 0 Å². The number of benzene rings is 1. The molecule has 0 aliphatic carbocycles. The molecule has 0 saturated heterocycles. The summed E-state index contributed by atoms with van der Waals surface area (Å²) in [6.07, 6.45) is 0. The van der Waals surface area contributed by atoms with Crippen molar-refractivity contribution in [2.75, 3.05) is 20.6 Å². The lowest BCUT2D eigenvalue weighted by Crippen LogP contribution is -2.39. The van der Waals surface area contributed by atoms with Crippen molar-refractivity contribution in [3.63, 3.8) is 0 Å². The number of nitrogens with two attached hydrogens (primary N) is 1. The Kier molecular flexibility index (Phi) is 4.05. The van der Waals surface area contributed by atoms with Crippen LogP contribution in [0.5, 0.6) is 0 Å². The highest BCUT2D eigenvalue weighted by Gasteiger charge is 2.32. The van der Waals surface area contributed by atoms with Crippen LogP contribution < -0.4 is 5.73 Å². The monoisotopic (exact) mass is 224 g/mol. The average molecular weight is 224 g/mol. The fourth-order valence-corrected chi connectivity index (χ4v) is 2.21. The van der Waals surface area contributed by atoms with Gasteiger partial charge in [-0.05, 0) is 32.1 Å². The molecule has 1 atom stereocenters. The Labute approximate surface area is 97.3 Å². The van der Waals surface area contributed by atoms with Gasteiger partial charge >= 0.3 is 0 Å². The van der Waals surface area contributed by atoms with E-state index < -0.39 is 0 Å². The molecular formula is C13H21FN2. The van der Waals surface area contributed by atoms with Crippen molar-refractivity contribution in [2.24, 2.45) is 11.1 Å². The number of halogens is 1. The van der Waals surface area contributed by atoms with Gasteiger partial charge in [-0.3, -0.25) is 0 Å². The van der Waals surface area contributed by atoms with Gasteiger partial charge in [0.15, 0.2) is 0 Å². The topological polar surface area (TPSA) is 29.3 Å². The molecule has 3 heteroatoms. The lowest BCUT2D eigenvalue weighted by molar-refractivity contribution is 0.139. The molecule has 0 spiro atoms. The summed E-state index contributed by atoms with van der Waals surface area (Å²) in [5, 5.41) is 0. The van der Waals surface area contributed by atoms with E-state index in [-0.39, 0.29) is 17.3 Å². The van der Waals surface area contributed by atoms with Crippen LogP contribution in [0.15, 0.2) is 24.3 Å². The van der Waals surface area contributed by atoms with Crippen molar-refractivity contribution in [3.8, 4) is 0 Å². The largest absolute Gasteiger partial charge is 0.330 e. The maximum absolute atomic E-state index is 13.8. The molecule has 1 aromatic carbocycles. The molecule has 90 valence electrons. The third-order valence-electron chi connectivity index (χ3n) is 2.98. The van der Waals surface area contributed by atoms with Gasteiger partial charge in [0.05, 0.1) is 0 Å². The first-order valence-electron chi connectivity index (χ1n) is 5.51. The van der Waals surface area contributed by atoms with Crippen molar-refractivity contribution < 1.29 is 4.39 Å². The smallest absolute Gasteiger partial charge is 0.128 e. The molecule has 0 radical (unpaired) electrons. The highest BCUT2D eigenvalue weighted by Crippen LogP contribution is 2.37. The number of nitrogens with zero attached hydrogens (tertiary/aromatic N) is 1. The molecular weight excluding hydrogens is 203 g/mol. The summed E-state index contributed by atoms with van der Waals surface area (Å²) < 4.78 is 13.8. The minimum atomic E-state index is -0.164. The maximum atomic E-state index is 13.8. The minimum Gasteiger partial charge on any atom is -0.330 e. The first-order chi connectivity index (χ1) is 7.40. The Balaban J connectivity index is 3.19. The highest BCUT2D eigenvalue weighted by atomic mass is 19.1. The van der Waals surface area contributed by atoms with Crippen molar-refractivity contribution in [1.29, 1.82) is 0 Å². The Hall–Kier alpha value is -0.930. The van der Waals surface area contributed by atoms with Gasteiger partial charge in [0, 0.05) is 11.6 Å². The standard InChI is InChI=1S/C13H21FN2/c1-13(2,9-15)12(16(3)4)10-7-5-6-8-11(10)14/h5-8,12H,9,15H2,1-4H3. The zero-order valence-electron chi connectivity index (χ0n) is 10.5. The summed E-state index contributed by atoms with van der Waals surface area (Å²) in [7, 11) is 3.91. The van der Waals surface area contributed by atoms with Crippen LogP contribution in [0.3, 0.4) is 0 Å². The minimum absolute atomic E-state index is 0.0151. The molecule has 1 unspecified atom stereocenters. The fraction of sp³-hybridized carbons (Fsp3) is 0.538. The molecule has 2 N–H and O–H groups in total. The first kappa shape index (κ1) is 13.1. The van der Waals surface area contributed by atoms with Crippen LogP contribution in [-0.4, -0.2) is 25.5 Å². The van der Waals surface area contributed by atoms with Crippen LogP contribution in [-0.2, 0) is 0 Å². The molecule has 0 aliphatic rings. The molecule has 16 heavy (non-hydrogen) atoms.